The van der Waals surface area contributed by atoms with Crippen LogP contribution in [0.1, 0.15) is 174 Å². The predicted octanol–water partition coefficient (Wildman–Crippen LogP) is 8.27. The van der Waals surface area contributed by atoms with Crippen LogP contribution in [0.5, 0.6) is 0 Å². The van der Waals surface area contributed by atoms with Crippen LogP contribution in [0.3, 0.4) is 0 Å². The van der Waals surface area contributed by atoms with E-state index in [9.17, 15) is 9.59 Å². The molecule has 0 aliphatic rings. The molecule has 0 heterocycles. The van der Waals surface area contributed by atoms with Gasteiger partial charge in [0, 0.05) is 12.8 Å². The Bertz CT molecular complexity index is 467. The second-order valence-corrected chi connectivity index (χ2v) is 10.7. The molecule has 0 aromatic rings. The molecule has 0 unspecified atom stereocenters. The minimum absolute atomic E-state index is 0.344. The molecule has 7 nitrogen and oxygen atoms in total. The first-order chi connectivity index (χ1) is 18.8. The van der Waals surface area contributed by atoms with Gasteiger partial charge >= 0.3 is 11.9 Å². The zero-order valence-electron chi connectivity index (χ0n) is 25.7. The topological polar surface area (TPSA) is 135 Å². The first-order valence-corrected chi connectivity index (χ1v) is 16.2. The van der Waals surface area contributed by atoms with Crippen LogP contribution in [0.4, 0.5) is 0 Å². The molecule has 5 N–H and O–H groups in total. The normalized spacial score (nSPS) is 10.5. The number of carboxylic acid groups (broad SMARTS) is 2. The highest BCUT2D eigenvalue weighted by atomic mass is 16.4. The molecule has 0 spiro atoms. The van der Waals surface area contributed by atoms with Crippen molar-refractivity contribution in [3.8, 4) is 0 Å². The van der Waals surface area contributed by atoms with Crippen LogP contribution >= 0.6 is 0 Å². The van der Waals surface area contributed by atoms with Crippen molar-refractivity contribution in [1.82, 2.24) is 0 Å². The van der Waals surface area contributed by atoms with E-state index in [0.717, 1.165) is 25.7 Å². The number of carbonyl (C=O) groups is 2. The largest absolute Gasteiger partial charge is 0.481 e. The number of hydrogen-bond acceptors (Lipinski definition) is 5. The van der Waals surface area contributed by atoms with Crippen molar-refractivity contribution in [2.75, 3.05) is 13.2 Å². The summed E-state index contributed by atoms with van der Waals surface area (Å²) in [7, 11) is 0. The lowest BCUT2D eigenvalue weighted by Crippen LogP contribution is -2.15. The van der Waals surface area contributed by atoms with Gasteiger partial charge in [-0.25, -0.2) is 0 Å². The molecule has 0 bridgehead atoms. The Kier molecular flexibility index (Phi) is 42.3. The first-order valence-electron chi connectivity index (χ1n) is 16.2. The number of aliphatic hydroxyl groups is 3. The van der Waals surface area contributed by atoms with E-state index in [0.29, 0.717) is 12.8 Å². The smallest absolute Gasteiger partial charge is 0.303 e. The van der Waals surface area contributed by atoms with Crippen LogP contribution in [0.25, 0.3) is 0 Å². The molecule has 0 aromatic heterocycles. The van der Waals surface area contributed by atoms with E-state index < -0.39 is 18.0 Å². The molecule has 0 saturated heterocycles. The van der Waals surface area contributed by atoms with Crippen molar-refractivity contribution in [1.29, 1.82) is 0 Å². The van der Waals surface area contributed by atoms with Crippen molar-refractivity contribution in [3.63, 3.8) is 0 Å². The molecular weight excluding hydrogens is 496 g/mol. The lowest BCUT2D eigenvalue weighted by atomic mass is 10.0. The molecule has 0 radical (unpaired) electrons. The number of aliphatic hydroxyl groups excluding tert-OH is 3. The van der Waals surface area contributed by atoms with E-state index >= 15 is 0 Å². The Hall–Kier alpha value is -1.18. The summed E-state index contributed by atoms with van der Waals surface area (Å²) in [6, 6.07) is 0. The highest BCUT2D eigenvalue weighted by Crippen LogP contribution is 2.13. The van der Waals surface area contributed by atoms with Crippen molar-refractivity contribution in [2.24, 2.45) is 0 Å². The standard InChI is InChI=1S/C15H30O2.C14H28O2.C3H8O3/c1-2-3-4-5-6-7-8-9-10-11-12-13-14-15(16)17;1-2-3-4-5-6-7-8-9-10-11-12-13-14(15)16;4-1-3(6)2-5/h2-14H2,1H3,(H,16,17);2-13H2,1H3,(H,15,16);3-6H,1-2H2. The molecule has 0 atom stereocenters. The fourth-order valence-corrected chi connectivity index (χ4v) is 4.12. The number of unbranched alkanes of at least 4 members (excludes halogenated alkanes) is 21. The Morgan fingerprint density at radius 3 is 0.795 bits per heavy atom. The van der Waals surface area contributed by atoms with Gasteiger partial charge in [0.2, 0.25) is 0 Å². The third-order valence-corrected chi connectivity index (χ3v) is 6.66. The molecular formula is C32H66O7. The number of aliphatic carboxylic acids is 2. The van der Waals surface area contributed by atoms with Gasteiger partial charge in [-0.3, -0.25) is 9.59 Å². The zero-order valence-corrected chi connectivity index (χ0v) is 25.7. The lowest BCUT2D eigenvalue weighted by Gasteiger charge is -2.02. The maximum absolute atomic E-state index is 10.3. The molecule has 0 aliphatic carbocycles. The number of hydrogen-bond donors (Lipinski definition) is 5. The average Bonchev–Trinajstić information content (AvgIpc) is 2.92. The summed E-state index contributed by atoms with van der Waals surface area (Å²) in [6.45, 7) is 3.77. The summed E-state index contributed by atoms with van der Waals surface area (Å²) >= 11 is 0. The van der Waals surface area contributed by atoms with Gasteiger partial charge in [0.25, 0.3) is 0 Å². The molecule has 0 saturated carbocycles. The van der Waals surface area contributed by atoms with Crippen LogP contribution in [0, 0.1) is 0 Å². The third-order valence-electron chi connectivity index (χ3n) is 6.66. The molecule has 0 aromatic carbocycles. The number of rotatable bonds is 27. The minimum atomic E-state index is -0.954. The van der Waals surface area contributed by atoms with Gasteiger partial charge in [0.15, 0.2) is 0 Å². The van der Waals surface area contributed by atoms with Crippen LogP contribution in [-0.4, -0.2) is 56.8 Å². The Labute approximate surface area is 240 Å². The van der Waals surface area contributed by atoms with Crippen LogP contribution in [0.2, 0.25) is 0 Å². The molecule has 0 rings (SSSR count). The molecule has 0 aliphatic heterocycles. The summed E-state index contributed by atoms with van der Waals surface area (Å²) < 4.78 is 0. The Balaban J connectivity index is -0.000000551. The highest BCUT2D eigenvalue weighted by molar-refractivity contribution is 5.66. The molecule has 0 amide bonds. The maximum atomic E-state index is 10.3. The highest BCUT2D eigenvalue weighted by Gasteiger charge is 1.98. The zero-order chi connectivity index (χ0) is 29.8. The maximum Gasteiger partial charge on any atom is 0.303 e. The van der Waals surface area contributed by atoms with Crippen LogP contribution < -0.4 is 0 Å². The second kappa shape index (κ2) is 39.0. The van der Waals surface area contributed by atoms with E-state index in [-0.39, 0.29) is 13.2 Å². The van der Waals surface area contributed by atoms with E-state index in [4.69, 9.17) is 25.5 Å². The van der Waals surface area contributed by atoms with Gasteiger partial charge in [0.05, 0.1) is 13.2 Å². The molecule has 236 valence electrons. The fourth-order valence-electron chi connectivity index (χ4n) is 4.12. The summed E-state index contributed by atoms with van der Waals surface area (Å²) in [4.78, 5) is 20.5. The average molecular weight is 563 g/mol. The SMILES string of the molecule is CCCCCCCCCCCCCC(=O)O.CCCCCCCCCCCCCCC(=O)O.OCC(O)CO. The Morgan fingerprint density at radius 1 is 0.436 bits per heavy atom. The van der Waals surface area contributed by atoms with Gasteiger partial charge < -0.3 is 25.5 Å². The van der Waals surface area contributed by atoms with Gasteiger partial charge in [-0.05, 0) is 12.8 Å². The minimum Gasteiger partial charge on any atom is -0.481 e. The van der Waals surface area contributed by atoms with Crippen molar-refractivity contribution < 1.29 is 35.1 Å². The van der Waals surface area contributed by atoms with Crippen molar-refractivity contribution >= 4 is 11.9 Å². The van der Waals surface area contributed by atoms with E-state index in [1.54, 1.807) is 0 Å². The fraction of sp³-hybridized carbons (Fsp3) is 0.938. The van der Waals surface area contributed by atoms with Crippen molar-refractivity contribution in [3.05, 3.63) is 0 Å². The van der Waals surface area contributed by atoms with Gasteiger partial charge in [-0.15, -0.1) is 0 Å². The van der Waals surface area contributed by atoms with Crippen molar-refractivity contribution in [2.45, 2.75) is 180 Å². The monoisotopic (exact) mass is 562 g/mol. The molecule has 7 heteroatoms. The first kappa shape index (κ1) is 42.3. The Morgan fingerprint density at radius 2 is 0.641 bits per heavy atom. The van der Waals surface area contributed by atoms with Gasteiger partial charge in [0.1, 0.15) is 6.10 Å². The lowest BCUT2D eigenvalue weighted by molar-refractivity contribution is -0.138. The van der Waals surface area contributed by atoms with Gasteiger partial charge in [-0.1, -0.05) is 149 Å². The van der Waals surface area contributed by atoms with Gasteiger partial charge in [-0.2, -0.15) is 0 Å². The van der Waals surface area contributed by atoms with E-state index in [1.165, 1.54) is 122 Å². The summed E-state index contributed by atoms with van der Waals surface area (Å²) in [6.07, 6.45) is 29.2. The summed E-state index contributed by atoms with van der Waals surface area (Å²) in [5.74, 6) is -1.31. The third kappa shape index (κ3) is 50.2. The van der Waals surface area contributed by atoms with Crippen LogP contribution in [-0.2, 0) is 9.59 Å². The van der Waals surface area contributed by atoms with Crippen LogP contribution in [0.15, 0.2) is 0 Å². The quantitative estimate of drug-likeness (QED) is 0.0636. The summed E-state index contributed by atoms with van der Waals surface area (Å²) in [5.41, 5.74) is 0. The predicted molar refractivity (Wildman–Crippen MR) is 162 cm³/mol. The number of carboxylic acids is 2. The molecule has 0 fully saturated rings. The van der Waals surface area contributed by atoms with E-state index in [1.807, 2.05) is 0 Å². The van der Waals surface area contributed by atoms with E-state index in [2.05, 4.69) is 13.8 Å². The molecule has 39 heavy (non-hydrogen) atoms. The summed E-state index contributed by atoms with van der Waals surface area (Å²) in [5, 5.41) is 40.9. The second-order valence-electron chi connectivity index (χ2n) is 10.7.